The second-order valence-corrected chi connectivity index (χ2v) is 6.74. The van der Waals surface area contributed by atoms with Crippen LogP contribution in [-0.2, 0) is 16.4 Å². The number of ether oxygens (including phenoxy) is 1. The van der Waals surface area contributed by atoms with Crippen molar-refractivity contribution in [1.29, 1.82) is 0 Å². The number of nitrogens with zero attached hydrogens (tertiary/aromatic N) is 1. The van der Waals surface area contributed by atoms with E-state index < -0.39 is 9.84 Å². The van der Waals surface area contributed by atoms with Crippen molar-refractivity contribution in [3.63, 3.8) is 0 Å². The van der Waals surface area contributed by atoms with Gasteiger partial charge >= 0.3 is 0 Å². The second kappa shape index (κ2) is 6.06. The van der Waals surface area contributed by atoms with Crippen LogP contribution in [0.1, 0.15) is 5.56 Å². The molecule has 5 nitrogen and oxygen atoms in total. The van der Waals surface area contributed by atoms with E-state index in [-0.39, 0.29) is 5.75 Å². The van der Waals surface area contributed by atoms with Gasteiger partial charge in [-0.25, -0.2) is 8.42 Å². The summed E-state index contributed by atoms with van der Waals surface area (Å²) in [5, 5.41) is 0. The molecule has 2 N–H and O–H groups in total. The van der Waals surface area contributed by atoms with Gasteiger partial charge in [0.2, 0.25) is 0 Å². The van der Waals surface area contributed by atoms with Crippen molar-refractivity contribution in [1.82, 2.24) is 4.90 Å². The first-order valence-corrected chi connectivity index (χ1v) is 7.66. The summed E-state index contributed by atoms with van der Waals surface area (Å²) >= 11 is 0. The maximum atomic E-state index is 11.1. The molecule has 0 radical (unpaired) electrons. The molecule has 0 aliphatic carbocycles. The molecule has 0 amide bonds. The molecule has 6 heteroatoms. The number of hydrogen-bond acceptors (Lipinski definition) is 5. The summed E-state index contributed by atoms with van der Waals surface area (Å²) in [7, 11) is 0.542. The van der Waals surface area contributed by atoms with Gasteiger partial charge in [0, 0.05) is 31.1 Å². The van der Waals surface area contributed by atoms with Crippen molar-refractivity contribution in [3.8, 4) is 5.75 Å². The summed E-state index contributed by atoms with van der Waals surface area (Å²) in [6.07, 6.45) is 1.24. The van der Waals surface area contributed by atoms with Gasteiger partial charge in [-0.2, -0.15) is 0 Å². The fourth-order valence-corrected chi connectivity index (χ4v) is 2.25. The van der Waals surface area contributed by atoms with Gasteiger partial charge in [0.15, 0.2) is 0 Å². The Morgan fingerprint density at radius 2 is 2.00 bits per heavy atom. The van der Waals surface area contributed by atoms with E-state index in [2.05, 4.69) is 0 Å². The normalized spacial score (nSPS) is 11.8. The van der Waals surface area contributed by atoms with Gasteiger partial charge in [-0.3, -0.25) is 0 Å². The van der Waals surface area contributed by atoms with Gasteiger partial charge in [0.1, 0.15) is 15.6 Å². The summed E-state index contributed by atoms with van der Waals surface area (Å²) in [4.78, 5) is 1.94. The lowest BCUT2D eigenvalue weighted by Gasteiger charge is -2.16. The Bertz CT molecular complexity index is 500. The Hall–Kier alpha value is -1.27. The maximum Gasteiger partial charge on any atom is 0.148 e. The Balaban J connectivity index is 2.64. The highest BCUT2D eigenvalue weighted by Crippen LogP contribution is 2.19. The number of anilines is 1. The fourth-order valence-electron chi connectivity index (χ4n) is 1.61. The lowest BCUT2D eigenvalue weighted by Crippen LogP contribution is -2.24. The molecule has 102 valence electrons. The van der Waals surface area contributed by atoms with Crippen molar-refractivity contribution in [2.24, 2.45) is 0 Å². The third-order valence-electron chi connectivity index (χ3n) is 2.52. The molecule has 0 bridgehead atoms. The molecule has 0 heterocycles. The van der Waals surface area contributed by atoms with Crippen LogP contribution in [0, 0.1) is 0 Å². The number of sulfone groups is 1. The molecule has 1 aromatic carbocycles. The number of nitrogens with two attached hydrogens (primary N) is 1. The minimum Gasteiger partial charge on any atom is -0.497 e. The standard InChI is InChI=1S/C12H20N2O3S/c1-14(4-5-18(3,15)16)9-10-6-11(13)8-12(7-10)17-2/h6-8H,4-5,9,13H2,1-3H3. The van der Waals surface area contributed by atoms with E-state index in [0.717, 1.165) is 5.56 Å². The lowest BCUT2D eigenvalue weighted by molar-refractivity contribution is 0.345. The molecule has 0 aromatic heterocycles. The Kier molecular flexibility index (Phi) is 4.98. The van der Waals surface area contributed by atoms with Gasteiger partial charge in [0.05, 0.1) is 12.9 Å². The molecule has 0 aliphatic rings. The highest BCUT2D eigenvalue weighted by Gasteiger charge is 2.07. The molecule has 0 spiro atoms. The van der Waals surface area contributed by atoms with Crippen molar-refractivity contribution in [3.05, 3.63) is 23.8 Å². The van der Waals surface area contributed by atoms with Crippen LogP contribution in [-0.4, -0.2) is 46.0 Å². The molecule has 0 atom stereocenters. The SMILES string of the molecule is COc1cc(N)cc(CN(C)CCS(C)(=O)=O)c1. The summed E-state index contributed by atoms with van der Waals surface area (Å²) in [5.41, 5.74) is 7.40. The monoisotopic (exact) mass is 272 g/mol. The lowest BCUT2D eigenvalue weighted by atomic mass is 10.2. The highest BCUT2D eigenvalue weighted by atomic mass is 32.2. The maximum absolute atomic E-state index is 11.1. The number of rotatable bonds is 6. The fraction of sp³-hybridized carbons (Fsp3) is 0.500. The first-order valence-electron chi connectivity index (χ1n) is 5.60. The number of methoxy groups -OCH3 is 1. The van der Waals surface area contributed by atoms with Crippen LogP contribution in [0.15, 0.2) is 18.2 Å². The van der Waals surface area contributed by atoms with E-state index >= 15 is 0 Å². The zero-order valence-corrected chi connectivity index (χ0v) is 11.8. The van der Waals surface area contributed by atoms with E-state index in [1.807, 2.05) is 24.1 Å². The molecular formula is C12H20N2O3S. The van der Waals surface area contributed by atoms with Gasteiger partial charge in [-0.15, -0.1) is 0 Å². The van der Waals surface area contributed by atoms with E-state index in [1.165, 1.54) is 6.26 Å². The number of benzene rings is 1. The van der Waals surface area contributed by atoms with Crippen molar-refractivity contribution < 1.29 is 13.2 Å². The Labute approximate surface area is 108 Å². The largest absolute Gasteiger partial charge is 0.497 e. The topological polar surface area (TPSA) is 72.6 Å². The predicted molar refractivity (Wildman–Crippen MR) is 73.5 cm³/mol. The van der Waals surface area contributed by atoms with Crippen LogP contribution in [0.25, 0.3) is 0 Å². The number of hydrogen-bond donors (Lipinski definition) is 1. The third-order valence-corrected chi connectivity index (χ3v) is 3.44. The second-order valence-electron chi connectivity index (χ2n) is 4.48. The van der Waals surface area contributed by atoms with Gasteiger partial charge in [-0.1, -0.05) is 0 Å². The van der Waals surface area contributed by atoms with Gasteiger partial charge in [-0.05, 0) is 24.7 Å². The molecule has 0 fully saturated rings. The molecule has 1 aromatic rings. The molecule has 1 rings (SSSR count). The molecule has 0 aliphatic heterocycles. The van der Waals surface area contributed by atoms with E-state index in [9.17, 15) is 8.42 Å². The van der Waals surface area contributed by atoms with Crippen LogP contribution in [0.3, 0.4) is 0 Å². The zero-order valence-electron chi connectivity index (χ0n) is 11.0. The summed E-state index contributed by atoms with van der Waals surface area (Å²) in [6, 6.07) is 5.51. The van der Waals surface area contributed by atoms with E-state index in [0.29, 0.717) is 24.5 Å². The smallest absolute Gasteiger partial charge is 0.148 e. The molecule has 0 unspecified atom stereocenters. The van der Waals surface area contributed by atoms with Crippen LogP contribution >= 0.6 is 0 Å². The summed E-state index contributed by atoms with van der Waals surface area (Å²) in [6.45, 7) is 1.13. The Morgan fingerprint density at radius 3 is 2.56 bits per heavy atom. The van der Waals surface area contributed by atoms with Crippen molar-refractivity contribution in [2.45, 2.75) is 6.54 Å². The minimum atomic E-state index is -2.92. The average molecular weight is 272 g/mol. The molecule has 18 heavy (non-hydrogen) atoms. The number of nitrogen functional groups attached to an aromatic ring is 1. The van der Waals surface area contributed by atoms with Crippen molar-refractivity contribution >= 4 is 15.5 Å². The van der Waals surface area contributed by atoms with Crippen LogP contribution < -0.4 is 10.5 Å². The molecular weight excluding hydrogens is 252 g/mol. The van der Waals surface area contributed by atoms with Crippen LogP contribution in [0.4, 0.5) is 5.69 Å². The minimum absolute atomic E-state index is 0.156. The molecule has 0 saturated heterocycles. The third kappa shape index (κ3) is 5.37. The highest BCUT2D eigenvalue weighted by molar-refractivity contribution is 7.90. The quantitative estimate of drug-likeness (QED) is 0.774. The van der Waals surface area contributed by atoms with Crippen molar-refractivity contribution in [2.75, 3.05) is 38.4 Å². The molecule has 0 saturated carbocycles. The summed E-state index contributed by atoms with van der Waals surface area (Å²) < 4.78 is 27.3. The first kappa shape index (κ1) is 14.8. The van der Waals surface area contributed by atoms with Crippen LogP contribution in [0.2, 0.25) is 0 Å². The van der Waals surface area contributed by atoms with E-state index in [1.54, 1.807) is 13.2 Å². The van der Waals surface area contributed by atoms with Gasteiger partial charge in [0.25, 0.3) is 0 Å². The predicted octanol–water partition coefficient (Wildman–Crippen LogP) is 0.754. The summed E-state index contributed by atoms with van der Waals surface area (Å²) in [5.74, 6) is 0.865. The Morgan fingerprint density at radius 1 is 1.33 bits per heavy atom. The van der Waals surface area contributed by atoms with E-state index in [4.69, 9.17) is 10.5 Å². The average Bonchev–Trinajstić information content (AvgIpc) is 2.24. The zero-order chi connectivity index (χ0) is 13.8. The first-order chi connectivity index (χ1) is 8.30. The van der Waals surface area contributed by atoms with Gasteiger partial charge < -0.3 is 15.4 Å². The van der Waals surface area contributed by atoms with Crippen LogP contribution in [0.5, 0.6) is 5.75 Å².